The Kier molecular flexibility index (Phi) is 5.38. The second-order valence-electron chi connectivity index (χ2n) is 4.62. The summed E-state index contributed by atoms with van der Waals surface area (Å²) < 4.78 is 27.2. The molecule has 4 nitrogen and oxygen atoms in total. The Balaban J connectivity index is 2.64. The highest BCUT2D eigenvalue weighted by Crippen LogP contribution is 2.19. The molecule has 0 aliphatic carbocycles. The van der Waals surface area contributed by atoms with E-state index < -0.39 is 21.9 Å². The molecule has 0 N–H and O–H groups in total. The molecule has 0 bridgehead atoms. The van der Waals surface area contributed by atoms with Crippen molar-refractivity contribution in [1.82, 2.24) is 0 Å². The maximum Gasteiger partial charge on any atom is 0.339 e. The molecular weight excluding hydrogens is 288 g/mol. The Bertz CT molecular complexity index is 566. The van der Waals surface area contributed by atoms with Gasteiger partial charge >= 0.3 is 5.97 Å². The van der Waals surface area contributed by atoms with E-state index in [9.17, 15) is 13.2 Å². The van der Waals surface area contributed by atoms with Crippen molar-refractivity contribution in [3.05, 3.63) is 34.3 Å². The van der Waals surface area contributed by atoms with Crippen LogP contribution in [0.5, 0.6) is 0 Å². The number of aryl methyl sites for hydroxylation is 1. The maximum absolute atomic E-state index is 11.9. The van der Waals surface area contributed by atoms with Crippen molar-refractivity contribution in [3.8, 4) is 0 Å². The highest BCUT2D eigenvalue weighted by Gasteiger charge is 2.16. The Labute approximate surface area is 118 Å². The highest BCUT2D eigenvalue weighted by molar-refractivity contribution is 7.90. The summed E-state index contributed by atoms with van der Waals surface area (Å²) in [6, 6.07) is 5.05. The Morgan fingerprint density at radius 1 is 1.42 bits per heavy atom. The monoisotopic (exact) mass is 304 g/mol. The zero-order valence-electron chi connectivity index (χ0n) is 11.1. The molecule has 0 spiro atoms. The average Bonchev–Trinajstić information content (AvgIpc) is 2.25. The lowest BCUT2D eigenvalue weighted by Crippen LogP contribution is -2.19. The number of hydrogen-bond acceptors (Lipinski definition) is 4. The molecule has 19 heavy (non-hydrogen) atoms. The second-order valence-corrected chi connectivity index (χ2v) is 7.28. The third-order valence-corrected chi connectivity index (χ3v) is 3.84. The molecule has 106 valence electrons. The predicted octanol–water partition coefficient (Wildman–Crippen LogP) is 2.63. The lowest BCUT2D eigenvalue weighted by molar-refractivity contribution is 0.0336. The summed E-state index contributed by atoms with van der Waals surface area (Å²) in [6.07, 6.45) is 0.950. The van der Waals surface area contributed by atoms with Gasteiger partial charge in [-0.2, -0.15) is 0 Å². The molecule has 1 atom stereocenters. The molecule has 0 unspecified atom stereocenters. The molecule has 0 saturated carbocycles. The van der Waals surface area contributed by atoms with Gasteiger partial charge in [0.2, 0.25) is 0 Å². The van der Waals surface area contributed by atoms with Crippen LogP contribution in [0.2, 0.25) is 5.02 Å². The summed E-state index contributed by atoms with van der Waals surface area (Å²) in [7, 11) is -3.05. The fourth-order valence-electron chi connectivity index (χ4n) is 1.47. The van der Waals surface area contributed by atoms with Gasteiger partial charge in [0.1, 0.15) is 15.9 Å². The number of esters is 1. The first-order valence-corrected chi connectivity index (χ1v) is 8.28. The van der Waals surface area contributed by atoms with Gasteiger partial charge in [0.25, 0.3) is 0 Å². The summed E-state index contributed by atoms with van der Waals surface area (Å²) in [5.74, 6) is -0.547. The number of benzene rings is 1. The molecule has 0 radical (unpaired) electrons. The lowest BCUT2D eigenvalue weighted by Gasteiger charge is -2.13. The summed E-state index contributed by atoms with van der Waals surface area (Å²) >= 11 is 5.96. The maximum atomic E-state index is 11.9. The number of sulfone groups is 1. The minimum absolute atomic E-state index is 0.0108. The van der Waals surface area contributed by atoms with Crippen LogP contribution >= 0.6 is 11.6 Å². The first-order valence-electron chi connectivity index (χ1n) is 5.84. The van der Waals surface area contributed by atoms with Crippen LogP contribution in [0, 0.1) is 6.92 Å². The van der Waals surface area contributed by atoms with Crippen LogP contribution in [0.3, 0.4) is 0 Å². The molecule has 0 amide bonds. The summed E-state index contributed by atoms with van der Waals surface area (Å²) in [5.41, 5.74) is 1.24. The van der Waals surface area contributed by atoms with Crippen molar-refractivity contribution < 1.29 is 17.9 Å². The van der Waals surface area contributed by atoms with Crippen molar-refractivity contribution in [1.29, 1.82) is 0 Å². The summed E-state index contributed by atoms with van der Waals surface area (Å²) in [6.45, 7) is 3.53. The van der Waals surface area contributed by atoms with E-state index in [0.29, 0.717) is 10.6 Å². The van der Waals surface area contributed by atoms with Gasteiger partial charge in [-0.05, 0) is 38.0 Å². The Morgan fingerprint density at radius 2 is 2.05 bits per heavy atom. The van der Waals surface area contributed by atoms with Gasteiger partial charge in [-0.1, -0.05) is 17.7 Å². The fraction of sp³-hybridized carbons (Fsp3) is 0.462. The van der Waals surface area contributed by atoms with Crippen molar-refractivity contribution in [3.63, 3.8) is 0 Å². The first-order chi connectivity index (χ1) is 8.69. The van der Waals surface area contributed by atoms with Gasteiger partial charge in [-0.3, -0.25) is 0 Å². The van der Waals surface area contributed by atoms with Crippen LogP contribution in [0.15, 0.2) is 18.2 Å². The fourth-order valence-corrected chi connectivity index (χ4v) is 2.54. The number of hydrogen-bond donors (Lipinski definition) is 0. The van der Waals surface area contributed by atoms with Crippen LogP contribution < -0.4 is 0 Å². The van der Waals surface area contributed by atoms with Gasteiger partial charge in [0, 0.05) is 6.26 Å². The van der Waals surface area contributed by atoms with Crippen LogP contribution in [-0.2, 0) is 14.6 Å². The number of rotatable bonds is 5. The molecule has 0 heterocycles. The first kappa shape index (κ1) is 16.0. The molecule has 0 aliphatic heterocycles. The third-order valence-electron chi connectivity index (χ3n) is 2.55. The van der Waals surface area contributed by atoms with Gasteiger partial charge in [-0.15, -0.1) is 0 Å². The van der Waals surface area contributed by atoms with Crippen molar-refractivity contribution >= 4 is 27.4 Å². The summed E-state index contributed by atoms with van der Waals surface area (Å²) in [5, 5.41) is 0.334. The third kappa shape index (κ3) is 5.61. The van der Waals surface area contributed by atoms with Crippen molar-refractivity contribution in [2.45, 2.75) is 26.4 Å². The van der Waals surface area contributed by atoms with E-state index in [-0.39, 0.29) is 12.2 Å². The van der Waals surface area contributed by atoms with Gasteiger partial charge < -0.3 is 4.74 Å². The second kappa shape index (κ2) is 6.39. The smallest absolute Gasteiger partial charge is 0.339 e. The SMILES string of the molecule is Cc1ccc(C(=O)O[C@@H](C)CCS(C)(=O)=O)c(Cl)c1. The highest BCUT2D eigenvalue weighted by atomic mass is 35.5. The van der Waals surface area contributed by atoms with Crippen LogP contribution in [0.1, 0.15) is 29.3 Å². The van der Waals surface area contributed by atoms with Gasteiger partial charge in [-0.25, -0.2) is 13.2 Å². The van der Waals surface area contributed by atoms with Gasteiger partial charge in [0.15, 0.2) is 0 Å². The van der Waals surface area contributed by atoms with Gasteiger partial charge in [0.05, 0.1) is 16.3 Å². The normalized spacial score (nSPS) is 13.1. The molecule has 0 fully saturated rings. The van der Waals surface area contributed by atoms with Crippen LogP contribution in [-0.4, -0.2) is 32.5 Å². The molecule has 6 heteroatoms. The largest absolute Gasteiger partial charge is 0.459 e. The van der Waals surface area contributed by atoms with E-state index in [0.717, 1.165) is 11.8 Å². The van der Waals surface area contributed by atoms with Crippen molar-refractivity contribution in [2.75, 3.05) is 12.0 Å². The number of carbonyl (C=O) groups excluding carboxylic acids is 1. The van der Waals surface area contributed by atoms with E-state index in [2.05, 4.69) is 0 Å². The zero-order chi connectivity index (χ0) is 14.6. The van der Waals surface area contributed by atoms with E-state index in [1.54, 1.807) is 25.1 Å². The average molecular weight is 305 g/mol. The quantitative estimate of drug-likeness (QED) is 0.785. The minimum Gasteiger partial charge on any atom is -0.459 e. The van der Waals surface area contributed by atoms with Crippen LogP contribution in [0.4, 0.5) is 0 Å². The predicted molar refractivity (Wildman–Crippen MR) is 75.4 cm³/mol. The number of halogens is 1. The lowest BCUT2D eigenvalue weighted by atomic mass is 10.1. The zero-order valence-corrected chi connectivity index (χ0v) is 12.7. The number of carbonyl (C=O) groups is 1. The molecule has 0 aromatic heterocycles. The topological polar surface area (TPSA) is 60.4 Å². The minimum atomic E-state index is -3.05. The van der Waals surface area contributed by atoms with Crippen molar-refractivity contribution in [2.24, 2.45) is 0 Å². The molecule has 1 aromatic carbocycles. The van der Waals surface area contributed by atoms with E-state index in [1.807, 2.05) is 6.92 Å². The standard InChI is InChI=1S/C13H17ClO4S/c1-9-4-5-11(12(14)8-9)13(15)18-10(2)6-7-19(3,16)17/h4-5,8,10H,6-7H2,1-3H3/t10-/m0/s1. The molecule has 0 aliphatic rings. The van der Waals surface area contributed by atoms with E-state index in [1.165, 1.54) is 0 Å². The Morgan fingerprint density at radius 3 is 2.58 bits per heavy atom. The van der Waals surface area contributed by atoms with Crippen LogP contribution in [0.25, 0.3) is 0 Å². The van der Waals surface area contributed by atoms with E-state index in [4.69, 9.17) is 16.3 Å². The summed E-state index contributed by atoms with van der Waals surface area (Å²) in [4.78, 5) is 11.9. The number of ether oxygens (including phenoxy) is 1. The molecular formula is C13H17ClO4S. The molecule has 1 aromatic rings. The molecule has 0 saturated heterocycles. The van der Waals surface area contributed by atoms with E-state index >= 15 is 0 Å². The Hall–Kier alpha value is -1.07. The molecule has 1 rings (SSSR count).